The molecule has 33 heavy (non-hydrogen) atoms. The van der Waals surface area contributed by atoms with Gasteiger partial charge < -0.3 is 14.1 Å². The van der Waals surface area contributed by atoms with Gasteiger partial charge in [-0.25, -0.2) is 14.5 Å². The van der Waals surface area contributed by atoms with Gasteiger partial charge in [-0.3, -0.25) is 4.79 Å². The Morgan fingerprint density at radius 1 is 1.15 bits per heavy atom. The van der Waals surface area contributed by atoms with Crippen LogP contribution in [0.15, 0.2) is 53.1 Å². The van der Waals surface area contributed by atoms with Gasteiger partial charge in [0.15, 0.2) is 12.3 Å². The van der Waals surface area contributed by atoms with E-state index in [4.69, 9.17) is 14.1 Å². The van der Waals surface area contributed by atoms with Gasteiger partial charge in [-0.2, -0.15) is 5.10 Å². The first kappa shape index (κ1) is 22.3. The number of aryl methyl sites for hydroxylation is 2. The molecule has 3 heterocycles. The summed E-state index contributed by atoms with van der Waals surface area (Å²) >= 11 is 0. The van der Waals surface area contributed by atoms with E-state index in [0.717, 1.165) is 17.0 Å². The molecule has 1 aromatic carbocycles. The standard InChI is InChI=1S/C25H26N4O4/c1-15(2)29-24-21(13-26-29)20(12-22(27-24)19-11-16(3)33-17(19)4)25(31)32-14-23(30)28(5)18-9-7-6-8-10-18/h6-13,15H,14H2,1-5H3. The van der Waals surface area contributed by atoms with Gasteiger partial charge in [-0.15, -0.1) is 0 Å². The smallest absolute Gasteiger partial charge is 0.339 e. The lowest BCUT2D eigenvalue weighted by Crippen LogP contribution is -2.31. The molecule has 0 spiro atoms. The maximum Gasteiger partial charge on any atom is 0.339 e. The van der Waals surface area contributed by atoms with Crippen LogP contribution in [-0.2, 0) is 9.53 Å². The third kappa shape index (κ3) is 4.37. The number of likely N-dealkylation sites (N-methyl/N-ethyl adjacent to an activating group) is 1. The minimum absolute atomic E-state index is 0.0439. The molecule has 4 aromatic rings. The van der Waals surface area contributed by atoms with Crippen molar-refractivity contribution in [3.8, 4) is 11.3 Å². The molecule has 0 radical (unpaired) electrons. The molecule has 0 atom stereocenters. The Balaban J connectivity index is 1.66. The van der Waals surface area contributed by atoms with Crippen LogP contribution in [0, 0.1) is 13.8 Å². The van der Waals surface area contributed by atoms with Crippen molar-refractivity contribution in [2.45, 2.75) is 33.7 Å². The number of para-hydroxylation sites is 1. The van der Waals surface area contributed by atoms with Crippen LogP contribution in [0.5, 0.6) is 0 Å². The lowest BCUT2D eigenvalue weighted by atomic mass is 10.1. The summed E-state index contributed by atoms with van der Waals surface area (Å²) in [6.45, 7) is 7.31. The molecule has 0 saturated heterocycles. The average molecular weight is 447 g/mol. The van der Waals surface area contributed by atoms with E-state index in [0.29, 0.717) is 28.1 Å². The Kier molecular flexibility index (Phi) is 6.00. The number of carbonyl (C=O) groups is 2. The summed E-state index contributed by atoms with van der Waals surface area (Å²) in [6, 6.07) is 12.8. The highest BCUT2D eigenvalue weighted by molar-refractivity contribution is 6.05. The second-order valence-electron chi connectivity index (χ2n) is 8.17. The molecule has 170 valence electrons. The average Bonchev–Trinajstić information content (AvgIpc) is 3.39. The molecule has 0 fully saturated rings. The molecule has 0 saturated carbocycles. The maximum absolute atomic E-state index is 13.1. The van der Waals surface area contributed by atoms with E-state index >= 15 is 0 Å². The fraction of sp³-hybridized carbons (Fsp3) is 0.280. The van der Waals surface area contributed by atoms with Gasteiger partial charge in [0.2, 0.25) is 0 Å². The molecule has 0 N–H and O–H groups in total. The van der Waals surface area contributed by atoms with Crippen molar-refractivity contribution in [1.82, 2.24) is 14.8 Å². The Morgan fingerprint density at radius 2 is 1.88 bits per heavy atom. The number of fused-ring (bicyclic) bond motifs is 1. The minimum Gasteiger partial charge on any atom is -0.466 e. The monoisotopic (exact) mass is 446 g/mol. The number of pyridine rings is 1. The van der Waals surface area contributed by atoms with E-state index < -0.39 is 5.97 Å². The number of aromatic nitrogens is 3. The van der Waals surface area contributed by atoms with Crippen molar-refractivity contribution in [1.29, 1.82) is 0 Å². The molecular formula is C25H26N4O4. The Bertz CT molecular complexity index is 1320. The molecule has 0 aliphatic carbocycles. The first-order valence-electron chi connectivity index (χ1n) is 10.7. The van der Waals surface area contributed by atoms with E-state index in [2.05, 4.69) is 5.10 Å². The summed E-state index contributed by atoms with van der Waals surface area (Å²) < 4.78 is 12.8. The first-order chi connectivity index (χ1) is 15.8. The number of esters is 1. The molecule has 0 aliphatic rings. The number of furan rings is 1. The zero-order valence-electron chi connectivity index (χ0n) is 19.3. The summed E-state index contributed by atoms with van der Waals surface area (Å²) in [5.41, 5.74) is 2.96. The van der Waals surface area contributed by atoms with Crippen molar-refractivity contribution in [2.24, 2.45) is 0 Å². The van der Waals surface area contributed by atoms with Crippen molar-refractivity contribution in [2.75, 3.05) is 18.6 Å². The third-order valence-electron chi connectivity index (χ3n) is 5.44. The van der Waals surface area contributed by atoms with Crippen LogP contribution in [0.1, 0.15) is 41.8 Å². The summed E-state index contributed by atoms with van der Waals surface area (Å²) in [7, 11) is 1.64. The van der Waals surface area contributed by atoms with Gasteiger partial charge in [0, 0.05) is 24.3 Å². The van der Waals surface area contributed by atoms with Crippen LogP contribution in [0.4, 0.5) is 5.69 Å². The van der Waals surface area contributed by atoms with Crippen LogP contribution < -0.4 is 4.90 Å². The summed E-state index contributed by atoms with van der Waals surface area (Å²) in [5.74, 6) is 0.508. The quantitative estimate of drug-likeness (QED) is 0.399. The number of hydrogen-bond donors (Lipinski definition) is 0. The molecule has 0 unspecified atom stereocenters. The predicted octanol–water partition coefficient (Wildman–Crippen LogP) is 4.71. The molecule has 0 aliphatic heterocycles. The van der Waals surface area contributed by atoms with Crippen LogP contribution >= 0.6 is 0 Å². The molecule has 8 heteroatoms. The molecule has 3 aromatic heterocycles. The first-order valence-corrected chi connectivity index (χ1v) is 10.7. The number of ether oxygens (including phenoxy) is 1. The second-order valence-corrected chi connectivity index (χ2v) is 8.17. The summed E-state index contributed by atoms with van der Waals surface area (Å²) in [6.07, 6.45) is 1.61. The van der Waals surface area contributed by atoms with Crippen molar-refractivity contribution < 1.29 is 18.7 Å². The zero-order valence-corrected chi connectivity index (χ0v) is 19.3. The van der Waals surface area contributed by atoms with E-state index in [1.165, 1.54) is 4.90 Å². The van der Waals surface area contributed by atoms with Gasteiger partial charge in [0.05, 0.1) is 22.8 Å². The van der Waals surface area contributed by atoms with Crippen molar-refractivity contribution in [3.63, 3.8) is 0 Å². The third-order valence-corrected chi connectivity index (χ3v) is 5.44. The number of rotatable bonds is 6. The highest BCUT2D eigenvalue weighted by atomic mass is 16.5. The Hall–Kier alpha value is -3.94. The molecule has 0 bridgehead atoms. The fourth-order valence-electron chi connectivity index (χ4n) is 3.69. The number of benzene rings is 1. The molecule has 1 amide bonds. The lowest BCUT2D eigenvalue weighted by Gasteiger charge is -2.17. The number of nitrogens with zero attached hydrogens (tertiary/aromatic N) is 4. The van der Waals surface area contributed by atoms with Crippen LogP contribution in [0.25, 0.3) is 22.3 Å². The molecular weight excluding hydrogens is 420 g/mol. The van der Waals surface area contributed by atoms with E-state index in [9.17, 15) is 9.59 Å². The summed E-state index contributed by atoms with van der Waals surface area (Å²) in [4.78, 5) is 31.9. The van der Waals surface area contributed by atoms with E-state index in [-0.39, 0.29) is 18.6 Å². The number of anilines is 1. The Morgan fingerprint density at radius 3 is 2.52 bits per heavy atom. The van der Waals surface area contributed by atoms with Crippen molar-refractivity contribution >= 4 is 28.6 Å². The van der Waals surface area contributed by atoms with E-state index in [1.54, 1.807) is 24.0 Å². The van der Waals surface area contributed by atoms with Gasteiger partial charge in [0.25, 0.3) is 5.91 Å². The largest absolute Gasteiger partial charge is 0.466 e. The SMILES string of the molecule is Cc1cc(-c2cc(C(=O)OCC(=O)N(C)c3ccccc3)c3cnn(C(C)C)c3n2)c(C)o1. The topological polar surface area (TPSA) is 90.5 Å². The number of amides is 1. The highest BCUT2D eigenvalue weighted by Gasteiger charge is 2.22. The van der Waals surface area contributed by atoms with E-state index in [1.807, 2.05) is 64.1 Å². The second kappa shape index (κ2) is 8.90. The lowest BCUT2D eigenvalue weighted by molar-refractivity contribution is -0.121. The number of hydrogen-bond acceptors (Lipinski definition) is 6. The fourth-order valence-corrected chi connectivity index (χ4v) is 3.69. The van der Waals surface area contributed by atoms with Crippen LogP contribution in [0.2, 0.25) is 0 Å². The van der Waals surface area contributed by atoms with Gasteiger partial charge in [0.1, 0.15) is 11.5 Å². The number of carbonyl (C=O) groups excluding carboxylic acids is 2. The molecule has 8 nitrogen and oxygen atoms in total. The van der Waals surface area contributed by atoms with Gasteiger partial charge in [-0.1, -0.05) is 18.2 Å². The normalized spacial score (nSPS) is 11.2. The minimum atomic E-state index is -0.611. The predicted molar refractivity (Wildman–Crippen MR) is 125 cm³/mol. The summed E-state index contributed by atoms with van der Waals surface area (Å²) in [5, 5.41) is 4.98. The van der Waals surface area contributed by atoms with Crippen molar-refractivity contribution in [3.05, 3.63) is 65.7 Å². The van der Waals surface area contributed by atoms with Crippen LogP contribution in [0.3, 0.4) is 0 Å². The maximum atomic E-state index is 13.1. The highest BCUT2D eigenvalue weighted by Crippen LogP contribution is 2.30. The van der Waals surface area contributed by atoms with Gasteiger partial charge >= 0.3 is 5.97 Å². The zero-order chi connectivity index (χ0) is 23.7. The van der Waals surface area contributed by atoms with Crippen LogP contribution in [-0.4, -0.2) is 40.3 Å². The van der Waals surface area contributed by atoms with Gasteiger partial charge in [-0.05, 0) is 52.0 Å². The Labute approximate surface area is 191 Å². The molecule has 4 rings (SSSR count).